The zero-order valence-electron chi connectivity index (χ0n) is 11.7. The van der Waals surface area contributed by atoms with Crippen molar-refractivity contribution in [2.75, 3.05) is 0 Å². The van der Waals surface area contributed by atoms with Crippen LogP contribution in [0.2, 0.25) is 5.15 Å². The predicted octanol–water partition coefficient (Wildman–Crippen LogP) is 4.86. The minimum atomic E-state index is -0.239. The average molecular weight is 311 g/mol. The highest BCUT2D eigenvalue weighted by atomic mass is 35.5. The lowest BCUT2D eigenvalue weighted by Crippen LogP contribution is -2.15. The predicted molar refractivity (Wildman–Crippen MR) is 81.7 cm³/mol. The van der Waals surface area contributed by atoms with E-state index in [0.29, 0.717) is 16.7 Å². The van der Waals surface area contributed by atoms with Crippen molar-refractivity contribution in [3.8, 4) is 0 Å². The van der Waals surface area contributed by atoms with E-state index in [1.165, 1.54) is 23.9 Å². The van der Waals surface area contributed by atoms with Crippen molar-refractivity contribution < 1.29 is 4.39 Å². The van der Waals surface area contributed by atoms with Gasteiger partial charge < -0.3 is 0 Å². The number of hydrogen-bond acceptors (Lipinski definition) is 3. The van der Waals surface area contributed by atoms with Crippen LogP contribution in [0.3, 0.4) is 0 Å². The zero-order valence-corrected chi connectivity index (χ0v) is 13.2. The molecule has 0 radical (unpaired) electrons. The first-order valence-corrected chi connectivity index (χ1v) is 7.63. The lowest BCUT2D eigenvalue weighted by molar-refractivity contribution is 0.564. The van der Waals surface area contributed by atoms with Gasteiger partial charge in [-0.3, -0.25) is 0 Å². The van der Waals surface area contributed by atoms with Gasteiger partial charge in [0.05, 0.1) is 11.4 Å². The fraction of sp³-hybridized carbons (Fsp3) is 0.333. The molecule has 0 aliphatic rings. The summed E-state index contributed by atoms with van der Waals surface area (Å²) in [5, 5.41) is 0.444. The average Bonchev–Trinajstić information content (AvgIpc) is 2.35. The molecule has 0 saturated heterocycles. The smallest absolute Gasteiger partial charge is 0.140 e. The molecule has 0 atom stereocenters. The van der Waals surface area contributed by atoms with Crippen molar-refractivity contribution in [2.45, 2.75) is 36.8 Å². The SMILES string of the molecule is CC(C)(C)c1cc(Cl)nc(CSc2cccc(F)c2)n1. The molecule has 2 aromatic rings. The molecular weight excluding hydrogens is 295 g/mol. The van der Waals surface area contributed by atoms with Crippen molar-refractivity contribution in [3.63, 3.8) is 0 Å². The lowest BCUT2D eigenvalue weighted by atomic mass is 9.92. The van der Waals surface area contributed by atoms with E-state index in [1.807, 2.05) is 6.07 Å². The summed E-state index contributed by atoms with van der Waals surface area (Å²) in [5.41, 5.74) is 0.831. The van der Waals surface area contributed by atoms with Crippen molar-refractivity contribution in [2.24, 2.45) is 0 Å². The zero-order chi connectivity index (χ0) is 14.8. The number of thioether (sulfide) groups is 1. The Morgan fingerprint density at radius 1 is 1.20 bits per heavy atom. The van der Waals surface area contributed by atoms with E-state index in [-0.39, 0.29) is 11.2 Å². The normalized spacial score (nSPS) is 11.7. The van der Waals surface area contributed by atoms with Crippen molar-refractivity contribution >= 4 is 23.4 Å². The first-order chi connectivity index (χ1) is 9.34. The first kappa shape index (κ1) is 15.3. The van der Waals surface area contributed by atoms with E-state index in [4.69, 9.17) is 11.6 Å². The maximum Gasteiger partial charge on any atom is 0.140 e. The van der Waals surface area contributed by atoms with Gasteiger partial charge >= 0.3 is 0 Å². The van der Waals surface area contributed by atoms with Gasteiger partial charge in [-0.25, -0.2) is 14.4 Å². The van der Waals surface area contributed by atoms with Gasteiger partial charge in [0.25, 0.3) is 0 Å². The van der Waals surface area contributed by atoms with E-state index >= 15 is 0 Å². The number of hydrogen-bond donors (Lipinski definition) is 0. The third-order valence-electron chi connectivity index (χ3n) is 2.67. The maximum absolute atomic E-state index is 13.1. The molecule has 1 heterocycles. The third-order valence-corrected chi connectivity index (χ3v) is 3.86. The molecule has 0 bridgehead atoms. The minimum absolute atomic E-state index is 0.0785. The molecular formula is C15H16ClFN2S. The van der Waals surface area contributed by atoms with Gasteiger partial charge in [0.1, 0.15) is 16.8 Å². The van der Waals surface area contributed by atoms with Crippen molar-refractivity contribution in [1.29, 1.82) is 0 Å². The lowest BCUT2D eigenvalue weighted by Gasteiger charge is -2.18. The van der Waals surface area contributed by atoms with E-state index in [9.17, 15) is 4.39 Å². The summed E-state index contributed by atoms with van der Waals surface area (Å²) in [6.07, 6.45) is 0. The van der Waals surface area contributed by atoms with Crippen LogP contribution in [0.15, 0.2) is 35.2 Å². The molecule has 1 aromatic carbocycles. The van der Waals surface area contributed by atoms with Crippen LogP contribution in [0, 0.1) is 5.82 Å². The van der Waals surface area contributed by atoms with Crippen LogP contribution in [0.25, 0.3) is 0 Å². The Kier molecular flexibility index (Phi) is 4.66. The molecule has 0 N–H and O–H groups in total. The second kappa shape index (κ2) is 6.10. The Morgan fingerprint density at radius 2 is 1.95 bits per heavy atom. The number of rotatable bonds is 3. The van der Waals surface area contributed by atoms with Crippen LogP contribution >= 0.6 is 23.4 Å². The minimum Gasteiger partial charge on any atom is -0.236 e. The van der Waals surface area contributed by atoms with Gasteiger partial charge in [0, 0.05) is 10.3 Å². The molecule has 0 aliphatic carbocycles. The van der Waals surface area contributed by atoms with E-state index in [0.717, 1.165) is 10.6 Å². The van der Waals surface area contributed by atoms with Gasteiger partial charge in [-0.15, -0.1) is 11.8 Å². The molecule has 0 fully saturated rings. The van der Waals surface area contributed by atoms with Crippen LogP contribution in [0.4, 0.5) is 4.39 Å². The van der Waals surface area contributed by atoms with Gasteiger partial charge in [-0.1, -0.05) is 38.4 Å². The third kappa shape index (κ3) is 4.18. The molecule has 0 aliphatic heterocycles. The molecule has 1 aromatic heterocycles. The summed E-state index contributed by atoms with van der Waals surface area (Å²) in [6, 6.07) is 8.27. The van der Waals surface area contributed by atoms with Gasteiger partial charge in [-0.2, -0.15) is 0 Å². The van der Waals surface area contributed by atoms with Gasteiger partial charge in [0.2, 0.25) is 0 Å². The number of benzene rings is 1. The molecule has 0 amide bonds. The summed E-state index contributed by atoms with van der Waals surface area (Å²) in [7, 11) is 0. The number of aromatic nitrogens is 2. The highest BCUT2D eigenvalue weighted by molar-refractivity contribution is 7.98. The second-order valence-electron chi connectivity index (χ2n) is 5.49. The number of nitrogens with zero attached hydrogens (tertiary/aromatic N) is 2. The van der Waals surface area contributed by atoms with Gasteiger partial charge in [0.15, 0.2) is 0 Å². The Balaban J connectivity index is 2.16. The van der Waals surface area contributed by atoms with Crippen LogP contribution < -0.4 is 0 Å². The molecule has 106 valence electrons. The van der Waals surface area contributed by atoms with E-state index in [1.54, 1.807) is 12.1 Å². The van der Waals surface area contributed by atoms with E-state index < -0.39 is 0 Å². The quantitative estimate of drug-likeness (QED) is 0.598. The van der Waals surface area contributed by atoms with Crippen LogP contribution in [-0.2, 0) is 11.2 Å². The summed E-state index contributed by atoms with van der Waals surface area (Å²) in [6.45, 7) is 6.24. The summed E-state index contributed by atoms with van der Waals surface area (Å²) >= 11 is 7.53. The van der Waals surface area contributed by atoms with Crippen LogP contribution in [0.5, 0.6) is 0 Å². The van der Waals surface area contributed by atoms with Crippen molar-refractivity contribution in [1.82, 2.24) is 9.97 Å². The molecule has 20 heavy (non-hydrogen) atoms. The van der Waals surface area contributed by atoms with Gasteiger partial charge in [-0.05, 0) is 24.3 Å². The highest BCUT2D eigenvalue weighted by Gasteiger charge is 2.17. The molecule has 2 rings (SSSR count). The Hall–Kier alpha value is -1.13. The first-order valence-electron chi connectivity index (χ1n) is 6.27. The van der Waals surface area contributed by atoms with Crippen LogP contribution in [0.1, 0.15) is 32.3 Å². The second-order valence-corrected chi connectivity index (χ2v) is 6.92. The fourth-order valence-electron chi connectivity index (χ4n) is 1.62. The summed E-state index contributed by atoms with van der Waals surface area (Å²) in [4.78, 5) is 9.61. The standard InChI is InChI=1S/C15H16ClFN2S/c1-15(2,3)12-8-13(16)19-14(18-12)9-20-11-6-4-5-10(17)7-11/h4-8H,9H2,1-3H3. The monoisotopic (exact) mass is 310 g/mol. The summed E-state index contributed by atoms with van der Waals surface area (Å²) in [5.74, 6) is 0.988. The molecule has 2 nitrogen and oxygen atoms in total. The summed E-state index contributed by atoms with van der Waals surface area (Å²) < 4.78 is 13.1. The largest absolute Gasteiger partial charge is 0.236 e. The van der Waals surface area contributed by atoms with E-state index in [2.05, 4.69) is 30.7 Å². The molecule has 0 saturated carbocycles. The Bertz CT molecular complexity index is 611. The molecule has 0 spiro atoms. The topological polar surface area (TPSA) is 25.8 Å². The Labute approximate surface area is 127 Å². The highest BCUT2D eigenvalue weighted by Crippen LogP contribution is 2.26. The maximum atomic E-state index is 13.1. The fourth-order valence-corrected chi connectivity index (χ4v) is 2.61. The molecule has 0 unspecified atom stereocenters. The molecule has 5 heteroatoms. The van der Waals surface area contributed by atoms with Crippen molar-refractivity contribution in [3.05, 3.63) is 52.8 Å². The van der Waals surface area contributed by atoms with Crippen LogP contribution in [-0.4, -0.2) is 9.97 Å². The number of halogens is 2. The Morgan fingerprint density at radius 3 is 2.60 bits per heavy atom.